The van der Waals surface area contributed by atoms with E-state index in [2.05, 4.69) is 10.2 Å². The number of rotatable bonds is 8. The minimum atomic E-state index is -4.78. The summed E-state index contributed by atoms with van der Waals surface area (Å²) in [5.41, 5.74) is -0.0978. The molecule has 4 rings (SSSR count). The van der Waals surface area contributed by atoms with Gasteiger partial charge in [-0.3, -0.25) is 9.69 Å². The molecule has 38 heavy (non-hydrogen) atoms. The molecule has 0 aromatic heterocycles. The zero-order chi connectivity index (χ0) is 27.3. The molecular weight excluding hydrogens is 519 g/mol. The summed E-state index contributed by atoms with van der Waals surface area (Å²) in [6.07, 6.45) is -0.897. The maximum atomic E-state index is 13.4. The number of ether oxygens (including phenoxy) is 1. The van der Waals surface area contributed by atoms with Crippen molar-refractivity contribution in [3.63, 3.8) is 0 Å². The van der Waals surface area contributed by atoms with Gasteiger partial charge in [-0.15, -0.1) is 0 Å². The fourth-order valence-corrected chi connectivity index (χ4v) is 6.96. The summed E-state index contributed by atoms with van der Waals surface area (Å²) in [6.45, 7) is 2.29. The molecule has 2 saturated heterocycles. The standard InChI is InChI=1S/C27H34F3N3O4S/c1-37-22-11-9-20(10-12-22)24(32-15-5-2-6-16-32)19-31-26(34)21-13-17-33(18-14-21)38(35,36)25-8-4-3-7-23(25)27(28,29)30/h3-4,7-12,21,24H,2,5-6,13-19H2,1H3,(H,31,34). The average Bonchev–Trinajstić information content (AvgIpc) is 2.93. The molecule has 0 bridgehead atoms. The number of nitrogens with one attached hydrogen (secondary N) is 1. The largest absolute Gasteiger partial charge is 0.497 e. The Morgan fingerprint density at radius 2 is 1.63 bits per heavy atom. The number of methoxy groups -OCH3 is 1. The van der Waals surface area contributed by atoms with Gasteiger partial charge in [0.25, 0.3) is 0 Å². The summed E-state index contributed by atoms with van der Waals surface area (Å²) in [6, 6.07) is 12.0. The van der Waals surface area contributed by atoms with Gasteiger partial charge in [0.05, 0.1) is 23.6 Å². The van der Waals surface area contributed by atoms with Crippen molar-refractivity contribution in [3.8, 4) is 5.75 Å². The van der Waals surface area contributed by atoms with Crippen molar-refractivity contribution >= 4 is 15.9 Å². The molecule has 0 saturated carbocycles. The second-order valence-corrected chi connectivity index (χ2v) is 11.7. The van der Waals surface area contributed by atoms with E-state index in [-0.39, 0.29) is 37.9 Å². The minimum Gasteiger partial charge on any atom is -0.497 e. The smallest absolute Gasteiger partial charge is 0.417 e. The number of carbonyl (C=O) groups is 1. The van der Waals surface area contributed by atoms with E-state index in [4.69, 9.17) is 4.74 Å². The molecule has 0 spiro atoms. The number of carbonyl (C=O) groups excluding carboxylic acids is 1. The summed E-state index contributed by atoms with van der Waals surface area (Å²) >= 11 is 0. The van der Waals surface area contributed by atoms with Crippen LogP contribution in [0.5, 0.6) is 5.75 Å². The van der Waals surface area contributed by atoms with E-state index in [1.807, 2.05) is 24.3 Å². The number of benzene rings is 2. The number of halogens is 3. The molecule has 1 N–H and O–H groups in total. The number of piperidine rings is 2. The van der Waals surface area contributed by atoms with Gasteiger partial charge in [-0.2, -0.15) is 17.5 Å². The van der Waals surface area contributed by atoms with Gasteiger partial charge >= 0.3 is 6.18 Å². The predicted molar refractivity (Wildman–Crippen MR) is 137 cm³/mol. The van der Waals surface area contributed by atoms with Crippen LogP contribution in [-0.2, 0) is 21.0 Å². The molecule has 2 aromatic rings. The van der Waals surface area contributed by atoms with E-state index < -0.39 is 32.6 Å². The molecular formula is C27H34F3N3O4S. The summed E-state index contributed by atoms with van der Waals surface area (Å²) in [7, 11) is -2.73. The van der Waals surface area contributed by atoms with Crippen LogP contribution < -0.4 is 10.1 Å². The highest BCUT2D eigenvalue weighted by atomic mass is 32.2. The molecule has 11 heteroatoms. The van der Waals surface area contributed by atoms with E-state index in [1.165, 1.54) is 18.6 Å². The van der Waals surface area contributed by atoms with Gasteiger partial charge < -0.3 is 10.1 Å². The van der Waals surface area contributed by atoms with Crippen LogP contribution in [0.4, 0.5) is 13.2 Å². The van der Waals surface area contributed by atoms with Crippen LogP contribution in [0.3, 0.4) is 0 Å². The number of sulfonamides is 1. The van der Waals surface area contributed by atoms with Gasteiger partial charge in [-0.05, 0) is 68.6 Å². The normalized spacial score (nSPS) is 19.2. The molecule has 2 aliphatic heterocycles. The van der Waals surface area contributed by atoms with E-state index in [1.54, 1.807) is 7.11 Å². The van der Waals surface area contributed by atoms with E-state index in [0.29, 0.717) is 6.54 Å². The van der Waals surface area contributed by atoms with Crippen LogP contribution >= 0.6 is 0 Å². The first-order valence-corrected chi connectivity index (χ1v) is 14.4. The maximum Gasteiger partial charge on any atom is 0.417 e. The molecule has 1 atom stereocenters. The lowest BCUT2D eigenvalue weighted by Crippen LogP contribution is -2.45. The Morgan fingerprint density at radius 1 is 1.00 bits per heavy atom. The van der Waals surface area contributed by atoms with Crippen molar-refractivity contribution in [2.75, 3.05) is 39.8 Å². The molecule has 2 aliphatic rings. The Bertz CT molecular complexity index is 1190. The van der Waals surface area contributed by atoms with Crippen molar-refractivity contribution in [3.05, 3.63) is 59.7 Å². The summed E-state index contributed by atoms with van der Waals surface area (Å²) in [5.74, 6) is 0.195. The minimum absolute atomic E-state index is 0.00416. The first-order chi connectivity index (χ1) is 18.1. The zero-order valence-corrected chi connectivity index (χ0v) is 22.2. The van der Waals surface area contributed by atoms with Gasteiger partial charge in [0, 0.05) is 25.6 Å². The topological polar surface area (TPSA) is 79.0 Å². The zero-order valence-electron chi connectivity index (χ0n) is 21.4. The first-order valence-electron chi connectivity index (χ1n) is 12.9. The Morgan fingerprint density at radius 3 is 2.24 bits per heavy atom. The van der Waals surface area contributed by atoms with Crippen LogP contribution in [0.1, 0.15) is 49.3 Å². The molecule has 208 valence electrons. The second kappa shape index (κ2) is 12.0. The Labute approximate surface area is 222 Å². The van der Waals surface area contributed by atoms with Crippen LogP contribution in [-0.4, -0.2) is 63.4 Å². The predicted octanol–water partition coefficient (Wildman–Crippen LogP) is 4.46. The van der Waals surface area contributed by atoms with Gasteiger partial charge in [0.15, 0.2) is 0 Å². The van der Waals surface area contributed by atoms with Crippen molar-refractivity contribution < 1.29 is 31.1 Å². The van der Waals surface area contributed by atoms with Gasteiger partial charge in [0.1, 0.15) is 5.75 Å². The average molecular weight is 554 g/mol. The Hall–Kier alpha value is -2.63. The van der Waals surface area contributed by atoms with Crippen molar-refractivity contribution in [1.82, 2.24) is 14.5 Å². The van der Waals surface area contributed by atoms with E-state index in [9.17, 15) is 26.4 Å². The first kappa shape index (κ1) is 28.4. The number of amides is 1. The van der Waals surface area contributed by atoms with Crippen LogP contribution in [0.25, 0.3) is 0 Å². The molecule has 2 heterocycles. The van der Waals surface area contributed by atoms with Crippen LogP contribution in [0.15, 0.2) is 53.4 Å². The van der Waals surface area contributed by atoms with E-state index >= 15 is 0 Å². The number of likely N-dealkylation sites (tertiary alicyclic amines) is 1. The third-order valence-electron chi connectivity index (χ3n) is 7.44. The number of hydrogen-bond acceptors (Lipinski definition) is 5. The fourth-order valence-electron chi connectivity index (χ4n) is 5.28. The molecule has 1 unspecified atom stereocenters. The summed E-state index contributed by atoms with van der Waals surface area (Å²) in [4.78, 5) is 14.7. The van der Waals surface area contributed by atoms with Gasteiger partial charge in [0.2, 0.25) is 15.9 Å². The molecule has 0 aliphatic carbocycles. The highest BCUT2D eigenvalue weighted by Gasteiger charge is 2.40. The summed E-state index contributed by atoms with van der Waals surface area (Å²) in [5, 5.41) is 3.06. The lowest BCUT2D eigenvalue weighted by atomic mass is 9.96. The Balaban J connectivity index is 1.39. The lowest BCUT2D eigenvalue weighted by molar-refractivity contribution is -0.139. The SMILES string of the molecule is COc1ccc(C(CNC(=O)C2CCN(S(=O)(=O)c3ccccc3C(F)(F)F)CC2)N2CCCCC2)cc1. The molecule has 1 amide bonds. The molecule has 2 fully saturated rings. The van der Waals surface area contributed by atoms with Crippen molar-refractivity contribution in [1.29, 1.82) is 0 Å². The lowest BCUT2D eigenvalue weighted by Gasteiger charge is -2.36. The summed E-state index contributed by atoms with van der Waals surface area (Å²) < 4.78 is 72.6. The highest BCUT2D eigenvalue weighted by Crippen LogP contribution is 2.36. The fraction of sp³-hybridized carbons (Fsp3) is 0.519. The number of nitrogens with zero attached hydrogens (tertiary/aromatic N) is 2. The van der Waals surface area contributed by atoms with Crippen molar-refractivity contribution in [2.24, 2.45) is 5.92 Å². The molecule has 2 aromatic carbocycles. The quantitative estimate of drug-likeness (QED) is 0.523. The van der Waals surface area contributed by atoms with Gasteiger partial charge in [-0.1, -0.05) is 30.7 Å². The van der Waals surface area contributed by atoms with Gasteiger partial charge in [-0.25, -0.2) is 8.42 Å². The number of alkyl halides is 3. The maximum absolute atomic E-state index is 13.4. The monoisotopic (exact) mass is 553 g/mol. The highest BCUT2D eigenvalue weighted by molar-refractivity contribution is 7.89. The molecule has 7 nitrogen and oxygen atoms in total. The third-order valence-corrected chi connectivity index (χ3v) is 9.39. The number of hydrogen-bond donors (Lipinski definition) is 1. The van der Waals surface area contributed by atoms with Crippen LogP contribution in [0.2, 0.25) is 0 Å². The van der Waals surface area contributed by atoms with Crippen molar-refractivity contribution in [2.45, 2.75) is 49.2 Å². The van der Waals surface area contributed by atoms with E-state index in [0.717, 1.165) is 53.7 Å². The molecule has 0 radical (unpaired) electrons. The van der Waals surface area contributed by atoms with Crippen LogP contribution in [0, 0.1) is 5.92 Å². The second-order valence-electron chi connectivity index (χ2n) is 9.80. The Kier molecular flexibility index (Phi) is 9.00. The third kappa shape index (κ3) is 6.50.